The summed E-state index contributed by atoms with van der Waals surface area (Å²) < 4.78 is 20.3. The summed E-state index contributed by atoms with van der Waals surface area (Å²) in [4.78, 5) is 11.6. The van der Waals surface area contributed by atoms with Crippen molar-refractivity contribution in [2.45, 2.75) is 17.8 Å². The molecule has 0 saturated heterocycles. The SMILES string of the molecule is COc1ccc(C(C)=O)cc1CSc1nnc(-c2ccc(F)cc2)n1C. The van der Waals surface area contributed by atoms with Crippen molar-refractivity contribution < 1.29 is 13.9 Å². The van der Waals surface area contributed by atoms with E-state index in [1.54, 1.807) is 31.4 Å². The van der Waals surface area contributed by atoms with Crippen molar-refractivity contribution in [3.05, 3.63) is 59.4 Å². The summed E-state index contributed by atoms with van der Waals surface area (Å²) in [5.41, 5.74) is 2.35. The second-order valence-corrected chi connectivity index (χ2v) is 6.69. The van der Waals surface area contributed by atoms with Gasteiger partial charge >= 0.3 is 0 Å². The molecular formula is C19H18FN3O2S. The number of hydrogen-bond donors (Lipinski definition) is 0. The summed E-state index contributed by atoms with van der Waals surface area (Å²) in [6, 6.07) is 11.5. The van der Waals surface area contributed by atoms with Crippen molar-refractivity contribution in [3.63, 3.8) is 0 Å². The molecule has 134 valence electrons. The number of nitrogens with zero attached hydrogens (tertiary/aromatic N) is 3. The zero-order valence-electron chi connectivity index (χ0n) is 14.7. The van der Waals surface area contributed by atoms with E-state index in [-0.39, 0.29) is 11.6 Å². The Morgan fingerprint density at radius 3 is 2.58 bits per heavy atom. The fraction of sp³-hybridized carbons (Fsp3) is 0.211. The molecule has 0 radical (unpaired) electrons. The lowest BCUT2D eigenvalue weighted by Crippen LogP contribution is -1.98. The number of ether oxygens (including phenoxy) is 1. The highest BCUT2D eigenvalue weighted by atomic mass is 32.2. The van der Waals surface area contributed by atoms with Crippen molar-refractivity contribution in [1.29, 1.82) is 0 Å². The third kappa shape index (κ3) is 3.77. The van der Waals surface area contributed by atoms with Crippen LogP contribution in [-0.4, -0.2) is 27.7 Å². The topological polar surface area (TPSA) is 57.0 Å². The molecule has 0 fully saturated rings. The van der Waals surface area contributed by atoms with Gasteiger partial charge in [-0.1, -0.05) is 11.8 Å². The Kier molecular flexibility index (Phi) is 5.37. The highest BCUT2D eigenvalue weighted by molar-refractivity contribution is 7.98. The predicted octanol–water partition coefficient (Wildman–Crippen LogP) is 4.12. The molecule has 1 heterocycles. The molecule has 0 amide bonds. The molecule has 0 aliphatic heterocycles. The highest BCUT2D eigenvalue weighted by Gasteiger charge is 2.13. The smallest absolute Gasteiger partial charge is 0.191 e. The Balaban J connectivity index is 1.82. The molecular weight excluding hydrogens is 353 g/mol. The van der Waals surface area contributed by atoms with Crippen LogP contribution < -0.4 is 4.74 Å². The summed E-state index contributed by atoms with van der Waals surface area (Å²) in [6.45, 7) is 1.54. The lowest BCUT2D eigenvalue weighted by Gasteiger charge is -2.09. The molecule has 0 N–H and O–H groups in total. The minimum Gasteiger partial charge on any atom is -0.496 e. The van der Waals surface area contributed by atoms with E-state index in [4.69, 9.17) is 4.74 Å². The van der Waals surface area contributed by atoms with Gasteiger partial charge in [-0.3, -0.25) is 4.79 Å². The summed E-state index contributed by atoms with van der Waals surface area (Å²) >= 11 is 1.49. The zero-order valence-corrected chi connectivity index (χ0v) is 15.5. The van der Waals surface area contributed by atoms with Crippen molar-refractivity contribution in [1.82, 2.24) is 14.8 Å². The second-order valence-electron chi connectivity index (χ2n) is 5.74. The molecule has 0 bridgehead atoms. The fourth-order valence-electron chi connectivity index (χ4n) is 2.54. The van der Waals surface area contributed by atoms with Crippen LogP contribution in [0.2, 0.25) is 0 Å². The van der Waals surface area contributed by atoms with Crippen molar-refractivity contribution >= 4 is 17.5 Å². The minimum atomic E-state index is -0.289. The van der Waals surface area contributed by atoms with Gasteiger partial charge in [-0.25, -0.2) is 4.39 Å². The Hall–Kier alpha value is -2.67. The highest BCUT2D eigenvalue weighted by Crippen LogP contribution is 2.29. The van der Waals surface area contributed by atoms with Crippen LogP contribution in [0.5, 0.6) is 5.75 Å². The number of halogens is 1. The van der Waals surface area contributed by atoms with Gasteiger partial charge in [0.05, 0.1) is 7.11 Å². The lowest BCUT2D eigenvalue weighted by atomic mass is 10.1. The Morgan fingerprint density at radius 2 is 1.92 bits per heavy atom. The molecule has 3 rings (SSSR count). The average Bonchev–Trinajstić information content (AvgIpc) is 3.01. The molecule has 0 atom stereocenters. The monoisotopic (exact) mass is 371 g/mol. The van der Waals surface area contributed by atoms with Crippen LogP contribution in [0, 0.1) is 5.82 Å². The Labute approximate surface area is 155 Å². The van der Waals surface area contributed by atoms with Gasteiger partial charge in [-0.15, -0.1) is 10.2 Å². The maximum absolute atomic E-state index is 13.1. The first kappa shape index (κ1) is 18.1. The normalized spacial score (nSPS) is 10.8. The third-order valence-corrected chi connectivity index (χ3v) is 5.05. The standard InChI is InChI=1S/C19H18FN3O2S/c1-12(24)14-6-9-17(25-3)15(10-14)11-26-19-22-21-18(23(19)2)13-4-7-16(20)8-5-13/h4-10H,11H2,1-3H3. The molecule has 0 spiro atoms. The number of carbonyl (C=O) groups excluding carboxylic acids is 1. The second kappa shape index (κ2) is 7.70. The summed E-state index contributed by atoms with van der Waals surface area (Å²) in [5, 5.41) is 9.14. The van der Waals surface area contributed by atoms with Gasteiger partial charge in [-0.2, -0.15) is 0 Å². The molecule has 3 aromatic rings. The quantitative estimate of drug-likeness (QED) is 0.482. The lowest BCUT2D eigenvalue weighted by molar-refractivity contribution is 0.101. The van der Waals surface area contributed by atoms with E-state index in [1.807, 2.05) is 17.7 Å². The van der Waals surface area contributed by atoms with Crippen LogP contribution in [-0.2, 0) is 12.8 Å². The van der Waals surface area contributed by atoms with Gasteiger partial charge in [0.2, 0.25) is 0 Å². The van der Waals surface area contributed by atoms with E-state index in [9.17, 15) is 9.18 Å². The van der Waals surface area contributed by atoms with Gasteiger partial charge in [0.25, 0.3) is 0 Å². The van der Waals surface area contributed by atoms with Gasteiger partial charge < -0.3 is 9.30 Å². The van der Waals surface area contributed by atoms with E-state index in [0.29, 0.717) is 17.1 Å². The first-order valence-electron chi connectivity index (χ1n) is 7.95. The molecule has 0 aliphatic rings. The average molecular weight is 371 g/mol. The number of aromatic nitrogens is 3. The van der Waals surface area contributed by atoms with Crippen LogP contribution in [0.1, 0.15) is 22.8 Å². The molecule has 0 saturated carbocycles. The number of ketones is 1. The van der Waals surface area contributed by atoms with E-state index in [1.165, 1.54) is 30.8 Å². The number of carbonyl (C=O) groups is 1. The number of benzene rings is 2. The molecule has 0 unspecified atom stereocenters. The summed E-state index contributed by atoms with van der Waals surface area (Å²) in [5.74, 6) is 1.69. The number of methoxy groups -OCH3 is 1. The molecule has 0 aliphatic carbocycles. The Morgan fingerprint density at radius 1 is 1.19 bits per heavy atom. The van der Waals surface area contributed by atoms with Crippen LogP contribution in [0.4, 0.5) is 4.39 Å². The largest absolute Gasteiger partial charge is 0.496 e. The van der Waals surface area contributed by atoms with E-state index < -0.39 is 0 Å². The predicted molar refractivity (Wildman–Crippen MR) is 99.0 cm³/mol. The summed E-state index contributed by atoms with van der Waals surface area (Å²) in [6.07, 6.45) is 0. The fourth-order valence-corrected chi connectivity index (χ4v) is 3.43. The van der Waals surface area contributed by atoms with Crippen LogP contribution >= 0.6 is 11.8 Å². The van der Waals surface area contributed by atoms with E-state index in [0.717, 1.165) is 22.0 Å². The number of thioether (sulfide) groups is 1. The van der Waals surface area contributed by atoms with Gasteiger partial charge in [0.1, 0.15) is 11.6 Å². The molecule has 2 aromatic carbocycles. The number of hydrogen-bond acceptors (Lipinski definition) is 5. The van der Waals surface area contributed by atoms with Crippen molar-refractivity contribution in [2.75, 3.05) is 7.11 Å². The van der Waals surface area contributed by atoms with Crippen molar-refractivity contribution in [3.8, 4) is 17.1 Å². The van der Waals surface area contributed by atoms with E-state index in [2.05, 4.69) is 10.2 Å². The maximum Gasteiger partial charge on any atom is 0.191 e. The third-order valence-electron chi connectivity index (χ3n) is 3.98. The first-order valence-corrected chi connectivity index (χ1v) is 8.94. The molecule has 26 heavy (non-hydrogen) atoms. The Bertz CT molecular complexity index is 938. The van der Waals surface area contributed by atoms with Gasteiger partial charge in [-0.05, 0) is 49.4 Å². The van der Waals surface area contributed by atoms with Gasteiger partial charge in [0, 0.05) is 29.5 Å². The first-order chi connectivity index (χ1) is 12.5. The molecule has 5 nitrogen and oxygen atoms in total. The molecule has 1 aromatic heterocycles. The molecule has 7 heteroatoms. The van der Waals surface area contributed by atoms with Crippen molar-refractivity contribution in [2.24, 2.45) is 7.05 Å². The van der Waals surface area contributed by atoms with Crippen LogP contribution in [0.25, 0.3) is 11.4 Å². The van der Waals surface area contributed by atoms with Crippen LogP contribution in [0.3, 0.4) is 0 Å². The minimum absolute atomic E-state index is 0.0103. The maximum atomic E-state index is 13.1. The van der Waals surface area contributed by atoms with Crippen LogP contribution in [0.15, 0.2) is 47.6 Å². The number of rotatable bonds is 6. The zero-order chi connectivity index (χ0) is 18.7. The van der Waals surface area contributed by atoms with Gasteiger partial charge in [0.15, 0.2) is 16.8 Å². The van der Waals surface area contributed by atoms with E-state index >= 15 is 0 Å². The summed E-state index contributed by atoms with van der Waals surface area (Å²) in [7, 11) is 3.47. The number of Topliss-reactive ketones (excluding diaryl/α,β-unsaturated/α-hetero) is 1.